The van der Waals surface area contributed by atoms with Gasteiger partial charge in [0.2, 0.25) is 10.0 Å². The van der Waals surface area contributed by atoms with E-state index in [2.05, 4.69) is 0 Å². The highest BCUT2D eigenvalue weighted by Gasteiger charge is 2.34. The molecule has 2 unspecified atom stereocenters. The third-order valence-electron chi connectivity index (χ3n) is 3.50. The number of hydrogen-bond acceptors (Lipinski definition) is 4. The summed E-state index contributed by atoms with van der Waals surface area (Å²) in [6.45, 7) is 2.28. The third-order valence-corrected chi connectivity index (χ3v) is 5.64. The largest absolute Gasteiger partial charge is 0.393 e. The summed E-state index contributed by atoms with van der Waals surface area (Å²) in [5.41, 5.74) is 0.0770. The van der Waals surface area contributed by atoms with Gasteiger partial charge in [-0.05, 0) is 30.5 Å². The molecule has 1 saturated heterocycles. The summed E-state index contributed by atoms with van der Waals surface area (Å²) in [4.78, 5) is -0.0731. The summed E-state index contributed by atoms with van der Waals surface area (Å²) in [6.07, 6.45) is -0.0979. The molecule has 0 radical (unpaired) electrons. The predicted molar refractivity (Wildman–Crippen MR) is 74.7 cm³/mol. The van der Waals surface area contributed by atoms with Gasteiger partial charge in [-0.15, -0.1) is 0 Å². The van der Waals surface area contributed by atoms with Crippen LogP contribution in [0, 0.1) is 17.2 Å². The zero-order valence-corrected chi connectivity index (χ0v) is 12.5. The summed E-state index contributed by atoms with van der Waals surface area (Å²) in [6, 6.07) is 6.06. The van der Waals surface area contributed by atoms with Crippen molar-refractivity contribution >= 4 is 21.6 Å². The number of aliphatic hydroxyl groups excluding tert-OH is 1. The van der Waals surface area contributed by atoms with Crippen molar-refractivity contribution in [1.82, 2.24) is 4.31 Å². The summed E-state index contributed by atoms with van der Waals surface area (Å²) in [5.74, 6) is -0.136. The van der Waals surface area contributed by atoms with Crippen LogP contribution in [0.2, 0.25) is 5.02 Å². The van der Waals surface area contributed by atoms with E-state index in [-0.39, 0.29) is 34.5 Å². The summed E-state index contributed by atoms with van der Waals surface area (Å²) >= 11 is 5.84. The molecule has 0 bridgehead atoms. The highest BCUT2D eigenvalue weighted by atomic mass is 35.5. The van der Waals surface area contributed by atoms with E-state index in [1.165, 1.54) is 22.5 Å². The highest BCUT2D eigenvalue weighted by molar-refractivity contribution is 7.89. The van der Waals surface area contributed by atoms with Crippen molar-refractivity contribution in [3.8, 4) is 6.07 Å². The Balaban J connectivity index is 2.41. The fourth-order valence-corrected chi connectivity index (χ4v) is 4.21. The van der Waals surface area contributed by atoms with Gasteiger partial charge in [0.05, 0.1) is 11.7 Å². The molecule has 5 nitrogen and oxygen atoms in total. The van der Waals surface area contributed by atoms with E-state index in [0.29, 0.717) is 6.42 Å². The number of sulfonamides is 1. The molecule has 1 aromatic carbocycles. The molecular weight excluding hydrogens is 300 g/mol. The van der Waals surface area contributed by atoms with Crippen LogP contribution in [0.25, 0.3) is 0 Å². The van der Waals surface area contributed by atoms with Crippen molar-refractivity contribution in [2.24, 2.45) is 5.92 Å². The minimum atomic E-state index is -3.77. The average Bonchev–Trinajstić information content (AvgIpc) is 2.41. The van der Waals surface area contributed by atoms with Crippen molar-refractivity contribution in [3.63, 3.8) is 0 Å². The summed E-state index contributed by atoms with van der Waals surface area (Å²) in [7, 11) is -3.77. The van der Waals surface area contributed by atoms with Gasteiger partial charge in [-0.1, -0.05) is 18.5 Å². The lowest BCUT2D eigenvalue weighted by Gasteiger charge is -2.33. The second-order valence-electron chi connectivity index (χ2n) is 4.95. The van der Waals surface area contributed by atoms with Crippen LogP contribution in [-0.4, -0.2) is 37.0 Å². The van der Waals surface area contributed by atoms with Crippen LogP contribution < -0.4 is 0 Å². The zero-order valence-electron chi connectivity index (χ0n) is 11.0. The Morgan fingerprint density at radius 3 is 2.80 bits per heavy atom. The van der Waals surface area contributed by atoms with Crippen molar-refractivity contribution in [1.29, 1.82) is 5.26 Å². The lowest BCUT2D eigenvalue weighted by molar-refractivity contribution is 0.0628. The normalized spacial score (nSPS) is 24.3. The molecule has 7 heteroatoms. The van der Waals surface area contributed by atoms with Crippen LogP contribution in [0.5, 0.6) is 0 Å². The van der Waals surface area contributed by atoms with Gasteiger partial charge >= 0.3 is 0 Å². The van der Waals surface area contributed by atoms with E-state index in [0.717, 1.165) is 0 Å². The van der Waals surface area contributed by atoms with Crippen molar-refractivity contribution < 1.29 is 13.5 Å². The Labute approximate surface area is 123 Å². The molecule has 1 aromatic rings. The minimum absolute atomic E-state index is 0.0731. The van der Waals surface area contributed by atoms with Crippen molar-refractivity contribution in [2.45, 2.75) is 24.3 Å². The van der Waals surface area contributed by atoms with E-state index < -0.39 is 16.1 Å². The second-order valence-corrected chi connectivity index (χ2v) is 7.29. The molecular formula is C13H15ClN2O3S. The van der Waals surface area contributed by atoms with Gasteiger partial charge in [-0.2, -0.15) is 9.57 Å². The number of nitrogens with zero attached hydrogens (tertiary/aromatic N) is 2. The Bertz CT molecular complexity index is 654. The zero-order chi connectivity index (χ0) is 14.9. The molecule has 0 spiro atoms. The van der Waals surface area contributed by atoms with E-state index >= 15 is 0 Å². The quantitative estimate of drug-likeness (QED) is 0.899. The molecule has 0 saturated carbocycles. The number of nitriles is 1. The van der Waals surface area contributed by atoms with Crippen LogP contribution in [0.15, 0.2) is 23.1 Å². The SMILES string of the molecule is CC1CN(S(=O)(=O)c2cc(Cl)ccc2C#N)CCC1O. The topological polar surface area (TPSA) is 81.4 Å². The fourth-order valence-electron chi connectivity index (χ4n) is 2.25. The molecule has 0 aliphatic carbocycles. The van der Waals surface area contributed by atoms with Crippen molar-refractivity contribution in [2.75, 3.05) is 13.1 Å². The number of benzene rings is 1. The van der Waals surface area contributed by atoms with Crippen LogP contribution in [0.4, 0.5) is 0 Å². The molecule has 2 atom stereocenters. The molecule has 0 amide bonds. The van der Waals surface area contributed by atoms with Crippen molar-refractivity contribution in [3.05, 3.63) is 28.8 Å². The minimum Gasteiger partial charge on any atom is -0.393 e. The van der Waals surface area contributed by atoms with Crippen LogP contribution in [0.1, 0.15) is 18.9 Å². The number of piperidine rings is 1. The second kappa shape index (κ2) is 5.70. The molecule has 1 aliphatic rings. The van der Waals surface area contributed by atoms with E-state index in [9.17, 15) is 13.5 Å². The number of aliphatic hydroxyl groups is 1. The van der Waals surface area contributed by atoms with Gasteiger partial charge in [0.1, 0.15) is 11.0 Å². The lowest BCUT2D eigenvalue weighted by atomic mass is 9.99. The van der Waals surface area contributed by atoms with Crippen LogP contribution >= 0.6 is 11.6 Å². The Morgan fingerprint density at radius 2 is 2.20 bits per heavy atom. The average molecular weight is 315 g/mol. The number of rotatable bonds is 2. The van der Waals surface area contributed by atoms with E-state index in [1.807, 2.05) is 6.07 Å². The Kier molecular flexibility index (Phi) is 4.35. The van der Waals surface area contributed by atoms with Crippen LogP contribution in [-0.2, 0) is 10.0 Å². The number of hydrogen-bond donors (Lipinski definition) is 1. The predicted octanol–water partition coefficient (Wildman–Crippen LogP) is 1.60. The maximum Gasteiger partial charge on any atom is 0.244 e. The Hall–Kier alpha value is -1.13. The maximum atomic E-state index is 12.6. The van der Waals surface area contributed by atoms with Crippen LogP contribution in [0.3, 0.4) is 0 Å². The highest BCUT2D eigenvalue weighted by Crippen LogP contribution is 2.27. The van der Waals surface area contributed by atoms with Gasteiger partial charge in [0.15, 0.2) is 0 Å². The summed E-state index contributed by atoms with van der Waals surface area (Å²) < 4.78 is 26.5. The maximum absolute atomic E-state index is 12.6. The molecule has 1 fully saturated rings. The molecule has 1 aliphatic heterocycles. The Morgan fingerprint density at radius 1 is 1.50 bits per heavy atom. The lowest BCUT2D eigenvalue weighted by Crippen LogP contribution is -2.45. The first-order chi connectivity index (χ1) is 9.36. The summed E-state index contributed by atoms with van der Waals surface area (Å²) in [5, 5.41) is 19.0. The number of halogens is 1. The first-order valence-electron chi connectivity index (χ1n) is 6.24. The van der Waals surface area contributed by atoms with Gasteiger partial charge < -0.3 is 5.11 Å². The molecule has 1 heterocycles. The van der Waals surface area contributed by atoms with Gasteiger partial charge in [0, 0.05) is 18.1 Å². The van der Waals surface area contributed by atoms with Gasteiger partial charge in [-0.25, -0.2) is 8.42 Å². The third kappa shape index (κ3) is 2.81. The molecule has 108 valence electrons. The monoisotopic (exact) mass is 314 g/mol. The molecule has 0 aromatic heterocycles. The van der Waals surface area contributed by atoms with E-state index in [1.54, 1.807) is 6.92 Å². The smallest absolute Gasteiger partial charge is 0.244 e. The van der Waals surface area contributed by atoms with Gasteiger partial charge in [0.25, 0.3) is 0 Å². The van der Waals surface area contributed by atoms with Gasteiger partial charge in [-0.3, -0.25) is 0 Å². The fraction of sp³-hybridized carbons (Fsp3) is 0.462. The molecule has 20 heavy (non-hydrogen) atoms. The van der Waals surface area contributed by atoms with E-state index in [4.69, 9.17) is 16.9 Å². The molecule has 1 N–H and O–H groups in total. The molecule has 2 rings (SSSR count). The standard InChI is InChI=1S/C13H15ClN2O3S/c1-9-8-16(5-4-12(9)17)20(18,19)13-6-11(14)3-2-10(13)7-15/h2-3,6,9,12,17H,4-5,8H2,1H3. The first kappa shape index (κ1) is 15.3. The first-order valence-corrected chi connectivity index (χ1v) is 8.06.